The Morgan fingerprint density at radius 1 is 0.530 bits per heavy atom. The molecule has 10 aromatic rings. The summed E-state index contributed by atoms with van der Waals surface area (Å²) in [5.41, 5.74) is 21.2. The van der Waals surface area contributed by atoms with Gasteiger partial charge >= 0.3 is 11.7 Å². The van der Waals surface area contributed by atoms with Crippen LogP contribution in [-0.2, 0) is 11.3 Å². The number of nitrogens with zero attached hydrogens (tertiary/aromatic N) is 3. The Balaban J connectivity index is 1.15. The van der Waals surface area contributed by atoms with Gasteiger partial charge in [-0.15, -0.1) is 9.13 Å². The zero-order valence-electron chi connectivity index (χ0n) is 38.8. The van der Waals surface area contributed by atoms with Crippen molar-refractivity contribution >= 4 is 11.0 Å². The van der Waals surface area contributed by atoms with E-state index in [0.29, 0.717) is 0 Å². The standard InChI is InChI=1S/C62H49N3O/c1-39(2)49-37-51(44-22-13-8-14-23-44)56(38-50(49)43-20-11-7-12-21-43)64-54-26-17-25-47-52-35-46(61(3,4)5)36-53-55-34-45(42-30-28-41(29-31-42)40-18-9-6-10-19-40)32-33-63(55)62(58(52)53)65(59(47)54)60(64)48-24-15-16-27-57(48)66-62/h6-39H,1-5H3/q+2/i39D. The second-order valence-electron chi connectivity index (χ2n) is 19.3. The van der Waals surface area contributed by atoms with E-state index in [1.165, 1.54) is 33.4 Å². The maximum Gasteiger partial charge on any atom is 0.499 e. The zero-order chi connectivity index (χ0) is 45.4. The first-order valence-electron chi connectivity index (χ1n) is 23.6. The van der Waals surface area contributed by atoms with Gasteiger partial charge in [0.2, 0.25) is 5.69 Å². The van der Waals surface area contributed by atoms with Gasteiger partial charge in [-0.25, -0.2) is 0 Å². The predicted octanol–water partition coefficient (Wildman–Crippen LogP) is 14.5. The Morgan fingerprint density at radius 3 is 1.80 bits per heavy atom. The third-order valence-corrected chi connectivity index (χ3v) is 14.2. The smallest absolute Gasteiger partial charge is 0.392 e. The molecule has 8 aromatic carbocycles. The minimum absolute atomic E-state index is 0.124. The first-order chi connectivity index (χ1) is 32.5. The molecule has 0 amide bonds. The first kappa shape index (κ1) is 37.5. The highest BCUT2D eigenvalue weighted by Gasteiger charge is 2.68. The van der Waals surface area contributed by atoms with Gasteiger partial charge in [0.05, 0.1) is 5.56 Å². The van der Waals surface area contributed by atoms with Crippen molar-refractivity contribution in [3.63, 3.8) is 0 Å². The summed E-state index contributed by atoms with van der Waals surface area (Å²) < 4.78 is 24.7. The number of aromatic nitrogens is 3. The van der Waals surface area contributed by atoms with Gasteiger partial charge in [-0.3, -0.25) is 0 Å². The lowest BCUT2D eigenvalue weighted by Crippen LogP contribution is -2.78. The molecular formula is C62H49N3O+2. The molecule has 3 aliphatic rings. The number of hydrogen-bond donors (Lipinski definition) is 0. The van der Waals surface area contributed by atoms with E-state index < -0.39 is 11.7 Å². The van der Waals surface area contributed by atoms with E-state index >= 15 is 0 Å². The van der Waals surface area contributed by atoms with Gasteiger partial charge in [-0.05, 0) is 110 Å². The summed E-state index contributed by atoms with van der Waals surface area (Å²) in [6.07, 6.45) is 2.26. The highest BCUT2D eigenvalue weighted by atomic mass is 16.5. The molecule has 316 valence electrons. The van der Waals surface area contributed by atoms with Crippen LogP contribution in [0.5, 0.6) is 5.75 Å². The third-order valence-electron chi connectivity index (χ3n) is 14.2. The zero-order valence-corrected chi connectivity index (χ0v) is 37.8. The number of hydrogen-bond acceptors (Lipinski definition) is 1. The van der Waals surface area contributed by atoms with Crippen LogP contribution in [0, 0.1) is 0 Å². The van der Waals surface area contributed by atoms with E-state index in [-0.39, 0.29) is 5.41 Å². The van der Waals surface area contributed by atoms with E-state index in [9.17, 15) is 1.37 Å². The Hall–Kier alpha value is -7.82. The maximum absolute atomic E-state index is 9.56. The molecule has 0 bridgehead atoms. The second kappa shape index (κ2) is 14.1. The van der Waals surface area contributed by atoms with Crippen LogP contribution < -0.4 is 13.9 Å². The molecule has 1 spiro atoms. The number of fused-ring (bicyclic) bond motifs is 5. The number of ether oxygens (including phenoxy) is 1. The first-order valence-corrected chi connectivity index (χ1v) is 23.1. The lowest BCUT2D eigenvalue weighted by atomic mass is 9.80. The Bertz CT molecular complexity index is 3660. The molecular weight excluding hydrogens is 803 g/mol. The van der Waals surface area contributed by atoms with Crippen molar-refractivity contribution in [2.24, 2.45) is 0 Å². The van der Waals surface area contributed by atoms with Crippen LogP contribution in [0.1, 0.15) is 58.6 Å². The van der Waals surface area contributed by atoms with Crippen LogP contribution in [0.3, 0.4) is 0 Å². The van der Waals surface area contributed by atoms with Crippen molar-refractivity contribution < 1.29 is 15.2 Å². The van der Waals surface area contributed by atoms with E-state index in [1.54, 1.807) is 0 Å². The van der Waals surface area contributed by atoms with Crippen molar-refractivity contribution in [2.45, 2.75) is 51.8 Å². The monoisotopic (exact) mass is 852 g/mol. The molecule has 4 heteroatoms. The molecule has 0 radical (unpaired) electrons. The molecule has 0 fully saturated rings. The summed E-state index contributed by atoms with van der Waals surface area (Å²) >= 11 is 0. The van der Waals surface area contributed by atoms with E-state index in [0.717, 1.165) is 84.1 Å². The van der Waals surface area contributed by atoms with Gasteiger partial charge in [0, 0.05) is 30.2 Å². The molecule has 5 heterocycles. The normalized spacial score (nSPS) is 15.4. The molecule has 0 saturated heterocycles. The average Bonchev–Trinajstić information content (AvgIpc) is 3.85. The lowest BCUT2D eigenvalue weighted by Gasteiger charge is -2.33. The fourth-order valence-corrected chi connectivity index (χ4v) is 11.0. The largest absolute Gasteiger partial charge is 0.499 e. The highest BCUT2D eigenvalue weighted by molar-refractivity contribution is 5.99. The summed E-state index contributed by atoms with van der Waals surface area (Å²) in [6, 6.07) is 70.3. The number of rotatable bonds is 6. The van der Waals surface area contributed by atoms with Crippen LogP contribution in [0.25, 0.3) is 95.0 Å². The van der Waals surface area contributed by atoms with Gasteiger partial charge < -0.3 is 4.74 Å². The quantitative estimate of drug-likeness (QED) is 0.153. The van der Waals surface area contributed by atoms with E-state index in [4.69, 9.17) is 4.74 Å². The van der Waals surface area contributed by atoms with E-state index in [1.807, 2.05) is 13.8 Å². The van der Waals surface area contributed by atoms with Gasteiger partial charge in [0.15, 0.2) is 17.2 Å². The molecule has 1 atom stereocenters. The molecule has 2 aromatic heterocycles. The Kier molecular flexibility index (Phi) is 8.01. The summed E-state index contributed by atoms with van der Waals surface area (Å²) in [4.78, 5) is 0. The minimum Gasteiger partial charge on any atom is -0.392 e. The fourth-order valence-electron chi connectivity index (χ4n) is 11.0. The Labute approximate surface area is 387 Å². The highest BCUT2D eigenvalue weighted by Crippen LogP contribution is 2.55. The molecule has 13 rings (SSSR count). The molecule has 1 unspecified atom stereocenters. The lowest BCUT2D eigenvalue weighted by molar-refractivity contribution is -0.997. The van der Waals surface area contributed by atoms with Crippen LogP contribution >= 0.6 is 0 Å². The molecule has 0 aliphatic carbocycles. The molecule has 66 heavy (non-hydrogen) atoms. The van der Waals surface area contributed by atoms with E-state index in [2.05, 4.69) is 235 Å². The molecule has 0 N–H and O–H groups in total. The average molecular weight is 853 g/mol. The molecule has 4 nitrogen and oxygen atoms in total. The summed E-state index contributed by atoms with van der Waals surface area (Å²) in [5, 5.41) is 0. The van der Waals surface area contributed by atoms with Gasteiger partial charge in [0.1, 0.15) is 22.6 Å². The third kappa shape index (κ3) is 5.45. The van der Waals surface area contributed by atoms with Crippen molar-refractivity contribution in [1.82, 2.24) is 4.57 Å². The van der Waals surface area contributed by atoms with Crippen molar-refractivity contribution in [1.29, 1.82) is 0 Å². The summed E-state index contributed by atoms with van der Waals surface area (Å²) in [6.45, 7) is 10.9. The Morgan fingerprint density at radius 2 is 1.12 bits per heavy atom. The van der Waals surface area contributed by atoms with Crippen molar-refractivity contribution in [3.05, 3.63) is 217 Å². The number of benzene rings is 8. The van der Waals surface area contributed by atoms with Gasteiger partial charge in [0.25, 0.3) is 0 Å². The van der Waals surface area contributed by atoms with Crippen molar-refractivity contribution in [3.8, 4) is 89.7 Å². The molecule has 0 saturated carbocycles. The SMILES string of the molecule is [2H]C(C)(C)c1cc(-c2ccccc2)c(-n2c3[n+]4c5c(cccc52)-c2cc(C(C)(C)C)cc5c2C4(Oc2ccccc2-3)[n+]2ccc(-c3ccc(-c4ccccc4)cc3)cc2-5)cc1-c1ccccc1. The van der Waals surface area contributed by atoms with Crippen LogP contribution in [0.2, 0.25) is 0 Å². The van der Waals surface area contributed by atoms with Crippen LogP contribution in [0.15, 0.2) is 200 Å². The molecule has 3 aliphatic heterocycles. The number of pyridine rings is 1. The summed E-state index contributed by atoms with van der Waals surface area (Å²) in [7, 11) is 0. The van der Waals surface area contributed by atoms with Gasteiger partial charge in [-0.2, -0.15) is 4.57 Å². The van der Waals surface area contributed by atoms with Crippen LogP contribution in [0.4, 0.5) is 0 Å². The summed E-state index contributed by atoms with van der Waals surface area (Å²) in [5.74, 6) is -0.111. The second-order valence-corrected chi connectivity index (χ2v) is 19.3. The fraction of sp³-hybridized carbons (Fsp3) is 0.129. The maximum atomic E-state index is 9.56. The van der Waals surface area contributed by atoms with Crippen LogP contribution in [-0.4, -0.2) is 4.57 Å². The number of imidazole rings is 1. The van der Waals surface area contributed by atoms with Crippen molar-refractivity contribution in [2.75, 3.05) is 0 Å². The minimum atomic E-state index is -1.09. The topological polar surface area (TPSA) is 21.9 Å². The number of para-hydroxylation sites is 2. The predicted molar refractivity (Wildman–Crippen MR) is 268 cm³/mol. The van der Waals surface area contributed by atoms with Gasteiger partial charge in [-0.1, -0.05) is 168 Å².